The SMILES string of the molecule is C=C(C)c1ccc(-c2nnc(-c3ccc(-c4nnc(-c5ccc(C(C)(C)C)cc5)o4)cc3O)o2)cc1. The average Bonchev–Trinajstić information content (AvgIpc) is 3.54. The number of hydrogen-bond acceptors (Lipinski definition) is 7. The van der Waals surface area contributed by atoms with Crippen molar-refractivity contribution >= 4 is 5.57 Å². The minimum absolute atomic E-state index is 0.0328. The zero-order valence-electron chi connectivity index (χ0n) is 20.6. The van der Waals surface area contributed by atoms with Crippen molar-refractivity contribution in [2.45, 2.75) is 33.1 Å². The summed E-state index contributed by atoms with van der Waals surface area (Å²) in [5.74, 6) is 1.25. The van der Waals surface area contributed by atoms with Crippen molar-refractivity contribution in [3.63, 3.8) is 0 Å². The van der Waals surface area contributed by atoms with Crippen molar-refractivity contribution in [1.29, 1.82) is 0 Å². The highest BCUT2D eigenvalue weighted by Gasteiger charge is 2.18. The van der Waals surface area contributed by atoms with E-state index < -0.39 is 0 Å². The van der Waals surface area contributed by atoms with Crippen molar-refractivity contribution in [2.75, 3.05) is 0 Å². The van der Waals surface area contributed by atoms with Crippen molar-refractivity contribution in [3.05, 3.63) is 84.4 Å². The number of hydrogen-bond donors (Lipinski definition) is 1. The van der Waals surface area contributed by atoms with E-state index in [1.165, 1.54) is 5.56 Å². The summed E-state index contributed by atoms with van der Waals surface area (Å²) in [7, 11) is 0. The highest BCUT2D eigenvalue weighted by atomic mass is 16.4. The van der Waals surface area contributed by atoms with Crippen LogP contribution in [0.1, 0.15) is 38.8 Å². The van der Waals surface area contributed by atoms with E-state index in [-0.39, 0.29) is 17.1 Å². The molecule has 0 fully saturated rings. The monoisotopic (exact) mass is 478 g/mol. The van der Waals surface area contributed by atoms with Crippen LogP contribution in [0.5, 0.6) is 5.75 Å². The highest BCUT2D eigenvalue weighted by Crippen LogP contribution is 2.35. The summed E-state index contributed by atoms with van der Waals surface area (Å²) in [6, 6.07) is 20.8. The molecule has 2 heterocycles. The maximum Gasteiger partial charge on any atom is 0.251 e. The molecule has 0 aliphatic rings. The van der Waals surface area contributed by atoms with Crippen LogP contribution in [0.4, 0.5) is 0 Å². The molecule has 180 valence electrons. The lowest BCUT2D eigenvalue weighted by Crippen LogP contribution is -2.10. The van der Waals surface area contributed by atoms with Crippen LogP contribution >= 0.6 is 0 Å². The molecule has 7 heteroatoms. The van der Waals surface area contributed by atoms with Gasteiger partial charge in [-0.3, -0.25) is 0 Å². The van der Waals surface area contributed by atoms with Crippen LogP contribution in [0.3, 0.4) is 0 Å². The van der Waals surface area contributed by atoms with Gasteiger partial charge in [0.15, 0.2) is 0 Å². The van der Waals surface area contributed by atoms with Gasteiger partial charge in [0, 0.05) is 16.7 Å². The molecule has 0 aliphatic heterocycles. The molecule has 0 atom stereocenters. The molecule has 3 aromatic carbocycles. The quantitative estimate of drug-likeness (QED) is 0.286. The topological polar surface area (TPSA) is 98.1 Å². The predicted octanol–water partition coefficient (Wildman–Crippen LogP) is 7.16. The number of phenolic OH excluding ortho intramolecular Hbond substituents is 1. The minimum atomic E-state index is -0.0328. The van der Waals surface area contributed by atoms with Crippen molar-refractivity contribution in [3.8, 4) is 51.6 Å². The summed E-state index contributed by atoms with van der Waals surface area (Å²) >= 11 is 0. The van der Waals surface area contributed by atoms with Gasteiger partial charge < -0.3 is 13.9 Å². The summed E-state index contributed by atoms with van der Waals surface area (Å²) < 4.78 is 11.7. The number of aromatic hydroxyl groups is 1. The summed E-state index contributed by atoms with van der Waals surface area (Å²) in [6.07, 6.45) is 0. The van der Waals surface area contributed by atoms with E-state index in [1.54, 1.807) is 18.2 Å². The average molecular weight is 479 g/mol. The molecule has 0 saturated carbocycles. The summed E-state index contributed by atoms with van der Waals surface area (Å²) in [5, 5.41) is 27.2. The first-order chi connectivity index (χ1) is 17.2. The molecule has 0 radical (unpaired) electrons. The lowest BCUT2D eigenvalue weighted by molar-refractivity contribution is 0.473. The van der Waals surface area contributed by atoms with Gasteiger partial charge in [-0.25, -0.2) is 0 Å². The van der Waals surface area contributed by atoms with Crippen LogP contribution in [0.25, 0.3) is 51.4 Å². The second-order valence-corrected chi connectivity index (χ2v) is 9.74. The smallest absolute Gasteiger partial charge is 0.251 e. The van der Waals surface area contributed by atoms with E-state index in [4.69, 9.17) is 8.83 Å². The Morgan fingerprint density at radius 3 is 1.69 bits per heavy atom. The number of benzene rings is 3. The summed E-state index contributed by atoms with van der Waals surface area (Å²) in [4.78, 5) is 0. The van der Waals surface area contributed by atoms with E-state index in [0.717, 1.165) is 22.3 Å². The van der Waals surface area contributed by atoms with E-state index in [9.17, 15) is 5.11 Å². The van der Waals surface area contributed by atoms with E-state index in [0.29, 0.717) is 28.8 Å². The molecule has 0 unspecified atom stereocenters. The van der Waals surface area contributed by atoms with Crippen LogP contribution in [-0.4, -0.2) is 25.5 Å². The fraction of sp³-hybridized carbons (Fsp3) is 0.172. The van der Waals surface area contributed by atoms with Gasteiger partial charge in [0.1, 0.15) is 5.75 Å². The zero-order valence-corrected chi connectivity index (χ0v) is 20.6. The molecule has 2 aromatic heterocycles. The number of rotatable bonds is 5. The predicted molar refractivity (Wildman–Crippen MR) is 139 cm³/mol. The number of aromatic nitrogens is 4. The van der Waals surface area contributed by atoms with Crippen LogP contribution < -0.4 is 0 Å². The van der Waals surface area contributed by atoms with Gasteiger partial charge in [-0.15, -0.1) is 20.4 Å². The first-order valence-corrected chi connectivity index (χ1v) is 11.6. The molecule has 0 bridgehead atoms. The lowest BCUT2D eigenvalue weighted by atomic mass is 9.87. The fourth-order valence-corrected chi connectivity index (χ4v) is 3.76. The molecular formula is C29H26N4O3. The van der Waals surface area contributed by atoms with E-state index in [1.807, 2.05) is 43.3 Å². The Balaban J connectivity index is 1.37. The maximum absolute atomic E-state index is 10.7. The van der Waals surface area contributed by atoms with Crippen molar-refractivity contribution < 1.29 is 13.9 Å². The Kier molecular flexibility index (Phi) is 5.76. The maximum atomic E-state index is 10.7. The second-order valence-electron chi connectivity index (χ2n) is 9.74. The molecule has 0 amide bonds. The summed E-state index contributed by atoms with van der Waals surface area (Å²) in [6.45, 7) is 12.4. The first-order valence-electron chi connectivity index (χ1n) is 11.6. The largest absolute Gasteiger partial charge is 0.507 e. The molecule has 36 heavy (non-hydrogen) atoms. The molecule has 0 saturated heterocycles. The standard InChI is InChI=1S/C29H26N4O3/c1-17(2)18-6-8-19(9-7-18)26-31-33-28(36-26)23-15-12-21(16-24(23)34)27-32-30-25(35-27)20-10-13-22(14-11-20)29(3,4)5/h6-16,34H,1H2,2-5H3. The van der Waals surface area contributed by atoms with Gasteiger partial charge >= 0.3 is 0 Å². The Morgan fingerprint density at radius 1 is 0.694 bits per heavy atom. The lowest BCUT2D eigenvalue weighted by Gasteiger charge is -2.18. The van der Waals surface area contributed by atoms with Gasteiger partial charge in [0.05, 0.1) is 5.56 Å². The molecule has 5 rings (SSSR count). The van der Waals surface area contributed by atoms with Gasteiger partial charge in [0.25, 0.3) is 5.89 Å². The Hall–Kier alpha value is -4.52. The van der Waals surface area contributed by atoms with E-state index in [2.05, 4.69) is 59.9 Å². The minimum Gasteiger partial charge on any atom is -0.507 e. The Morgan fingerprint density at radius 2 is 1.17 bits per heavy atom. The number of allylic oxidation sites excluding steroid dienone is 1. The molecule has 7 nitrogen and oxygen atoms in total. The van der Waals surface area contributed by atoms with Crippen molar-refractivity contribution in [1.82, 2.24) is 20.4 Å². The molecule has 5 aromatic rings. The number of nitrogens with zero attached hydrogens (tertiary/aromatic N) is 4. The van der Waals surface area contributed by atoms with Gasteiger partial charge in [-0.05, 0) is 65.9 Å². The van der Waals surface area contributed by atoms with Crippen LogP contribution in [0.2, 0.25) is 0 Å². The van der Waals surface area contributed by atoms with Gasteiger partial charge in [0.2, 0.25) is 17.7 Å². The van der Waals surface area contributed by atoms with E-state index >= 15 is 0 Å². The third-order valence-corrected chi connectivity index (χ3v) is 5.95. The molecule has 0 spiro atoms. The van der Waals surface area contributed by atoms with Crippen LogP contribution in [0.15, 0.2) is 82.1 Å². The normalized spacial score (nSPS) is 11.6. The molecular weight excluding hydrogens is 452 g/mol. The second kappa shape index (κ2) is 8.92. The first kappa shape index (κ1) is 23.2. The van der Waals surface area contributed by atoms with Gasteiger partial charge in [-0.2, -0.15) is 0 Å². The van der Waals surface area contributed by atoms with Crippen LogP contribution in [0, 0.1) is 0 Å². The molecule has 0 aliphatic carbocycles. The fourth-order valence-electron chi connectivity index (χ4n) is 3.76. The summed E-state index contributed by atoms with van der Waals surface area (Å²) in [5.41, 5.74) is 5.90. The van der Waals surface area contributed by atoms with Crippen molar-refractivity contribution in [2.24, 2.45) is 0 Å². The zero-order chi connectivity index (χ0) is 25.4. The highest BCUT2D eigenvalue weighted by molar-refractivity contribution is 5.70. The van der Waals surface area contributed by atoms with Crippen LogP contribution in [-0.2, 0) is 5.41 Å². The third kappa shape index (κ3) is 4.55. The number of phenols is 1. The Labute approximate surface area is 209 Å². The molecule has 1 N–H and O–H groups in total. The van der Waals surface area contributed by atoms with Gasteiger partial charge in [-0.1, -0.05) is 57.2 Å². The third-order valence-electron chi connectivity index (χ3n) is 5.95. The Bertz CT molecular complexity index is 1540.